The molecule has 1 radical (unpaired) electrons. The van der Waals surface area contributed by atoms with Gasteiger partial charge in [0, 0.05) is 31.7 Å². The summed E-state index contributed by atoms with van der Waals surface area (Å²) in [7, 11) is 0. The van der Waals surface area contributed by atoms with Crippen LogP contribution in [0.2, 0.25) is 17.3 Å². The van der Waals surface area contributed by atoms with Crippen LogP contribution in [0.25, 0.3) is 44.5 Å². The summed E-state index contributed by atoms with van der Waals surface area (Å²) in [6.45, 7) is 6.92. The molecule has 2 aliphatic rings. The molecule has 54 heavy (non-hydrogen) atoms. The monoisotopic (exact) mass is 957 g/mol. The van der Waals surface area contributed by atoms with Crippen LogP contribution in [0.3, 0.4) is 0 Å². The fourth-order valence-corrected chi connectivity index (χ4v) is 12.0. The van der Waals surface area contributed by atoms with E-state index in [2.05, 4.69) is 105 Å². The van der Waals surface area contributed by atoms with Crippen molar-refractivity contribution in [2.75, 3.05) is 0 Å². The molecule has 3 heterocycles. The van der Waals surface area contributed by atoms with Gasteiger partial charge in [-0.05, 0) is 54.5 Å². The molecule has 0 N–H and O–H groups in total. The Labute approximate surface area is 340 Å². The molecule has 2 fully saturated rings. The van der Waals surface area contributed by atoms with Crippen LogP contribution in [-0.2, 0) is 32.9 Å². The Balaban J connectivity index is 0.000000198. The van der Waals surface area contributed by atoms with Crippen molar-refractivity contribution in [1.29, 1.82) is 0 Å². The number of rotatable bonds is 7. The summed E-state index contributed by atoms with van der Waals surface area (Å²) in [5, 5.41) is 2.51. The molecule has 0 atom stereocenters. The fraction of sp³-hybridized carbons (Fsp3) is 0.429. The van der Waals surface area contributed by atoms with Crippen LogP contribution in [0.4, 0.5) is 0 Å². The van der Waals surface area contributed by atoms with Gasteiger partial charge in [-0.3, -0.25) is 0 Å². The summed E-state index contributed by atoms with van der Waals surface area (Å²) < 4.78 is 7.77. The van der Waals surface area contributed by atoms with Crippen molar-refractivity contribution in [3.05, 3.63) is 114 Å². The van der Waals surface area contributed by atoms with Gasteiger partial charge >= 0.3 is 132 Å². The number of benzene rings is 3. The minimum atomic E-state index is -1.90. The van der Waals surface area contributed by atoms with Gasteiger partial charge in [0.25, 0.3) is 0 Å². The average Bonchev–Trinajstić information content (AvgIpc) is 3.54. The van der Waals surface area contributed by atoms with Gasteiger partial charge in [-0.1, -0.05) is 80.5 Å². The molecule has 0 spiro atoms. The van der Waals surface area contributed by atoms with Gasteiger partial charge in [-0.15, -0.1) is 23.8 Å². The van der Waals surface area contributed by atoms with Gasteiger partial charge in [-0.2, -0.15) is 0 Å². The van der Waals surface area contributed by atoms with E-state index < -0.39 is 13.3 Å². The largest absolute Gasteiger partial charge is 0.500 e. The van der Waals surface area contributed by atoms with Gasteiger partial charge in [-0.25, -0.2) is 0 Å². The minimum absolute atomic E-state index is 0. The maximum Gasteiger partial charge on any atom is 0.121 e. The molecule has 285 valence electrons. The smallest absolute Gasteiger partial charge is 0.121 e. The summed E-state index contributed by atoms with van der Waals surface area (Å²) >= 11 is -1.90. The Morgan fingerprint density at radius 1 is 0.741 bits per heavy atom. The van der Waals surface area contributed by atoms with Crippen molar-refractivity contribution in [2.24, 2.45) is 11.3 Å². The molecule has 0 unspecified atom stereocenters. The van der Waals surface area contributed by atoms with Crippen molar-refractivity contribution >= 4 is 39.6 Å². The number of aromatic nitrogens is 2. The first-order valence-corrected chi connectivity index (χ1v) is 27.6. The molecule has 3 aromatic heterocycles. The molecule has 0 amide bonds. The molecule has 2 aliphatic carbocycles. The van der Waals surface area contributed by atoms with E-state index in [4.69, 9.17) is 14.4 Å². The molecule has 0 saturated heterocycles. The normalized spacial score (nSPS) is 15.8. The van der Waals surface area contributed by atoms with Gasteiger partial charge in [0.2, 0.25) is 0 Å². The standard InChI is InChI=1S/C30H32NO.C19H26GeN.Ir/c1-3-8-21(9-4-1)18-25-12-7-13-29-30(25)26-19-24(14-15-28(26)32-29)27-20-23(16-17-31-27)22-10-5-2-6-11-22;1-19(2,3)13-16-12-18(15-10-8-7-9-11-15)21-14-17(16)20(4,5)6;/h7,12-13,15-17,19-22H,1-6,8-11,18H2;7-10,12,14H,13H2,1-6H3;/q2*-1;. The predicted octanol–water partition coefficient (Wildman–Crippen LogP) is 13.3. The third-order valence-corrected chi connectivity index (χ3v) is 15.7. The first-order chi connectivity index (χ1) is 25.5. The zero-order chi connectivity index (χ0) is 37.0. The first kappa shape index (κ1) is 40.6. The Bertz CT molecular complexity index is 2130. The summed E-state index contributed by atoms with van der Waals surface area (Å²) in [5.41, 5.74) is 10.8. The molecular weight excluding hydrogens is 897 g/mol. The van der Waals surface area contributed by atoms with Crippen LogP contribution in [-0.4, -0.2) is 23.2 Å². The number of nitrogens with zero attached hydrogens (tertiary/aromatic N) is 2. The van der Waals surface area contributed by atoms with E-state index in [-0.39, 0.29) is 20.1 Å². The zero-order valence-corrected chi connectivity index (χ0v) is 37.9. The summed E-state index contributed by atoms with van der Waals surface area (Å²) in [6.07, 6.45) is 20.0. The van der Waals surface area contributed by atoms with E-state index in [9.17, 15) is 0 Å². The quantitative estimate of drug-likeness (QED) is 0.118. The number of fused-ring (bicyclic) bond motifs is 3. The van der Waals surface area contributed by atoms with Crippen LogP contribution in [0.15, 0.2) is 89.6 Å². The van der Waals surface area contributed by atoms with E-state index in [1.807, 2.05) is 30.5 Å². The number of hydrogen-bond acceptors (Lipinski definition) is 3. The molecular formula is C49H58GeIrN2O-2. The minimum Gasteiger partial charge on any atom is -0.500 e. The number of furan rings is 1. The van der Waals surface area contributed by atoms with Crippen molar-refractivity contribution in [1.82, 2.24) is 9.97 Å². The summed E-state index contributed by atoms with van der Waals surface area (Å²) in [6, 6.07) is 32.5. The van der Waals surface area contributed by atoms with E-state index >= 15 is 0 Å². The van der Waals surface area contributed by atoms with Crippen LogP contribution >= 0.6 is 0 Å². The van der Waals surface area contributed by atoms with Gasteiger partial charge in [0.15, 0.2) is 0 Å². The first-order valence-electron chi connectivity index (χ1n) is 20.3. The van der Waals surface area contributed by atoms with E-state index in [0.717, 1.165) is 52.4 Å². The molecule has 2 saturated carbocycles. The molecule has 3 aromatic carbocycles. The van der Waals surface area contributed by atoms with Crippen molar-refractivity contribution in [3.8, 4) is 22.5 Å². The molecule has 6 aromatic rings. The molecule has 3 nitrogen and oxygen atoms in total. The Morgan fingerprint density at radius 3 is 2.19 bits per heavy atom. The Kier molecular flexibility index (Phi) is 13.4. The predicted molar refractivity (Wildman–Crippen MR) is 227 cm³/mol. The fourth-order valence-electron chi connectivity index (χ4n) is 8.74. The molecule has 5 heteroatoms. The van der Waals surface area contributed by atoms with Crippen molar-refractivity contribution < 1.29 is 24.5 Å². The second kappa shape index (κ2) is 17.8. The maximum atomic E-state index is 6.24. The summed E-state index contributed by atoms with van der Waals surface area (Å²) in [4.78, 5) is 9.45. The van der Waals surface area contributed by atoms with Crippen LogP contribution in [0.1, 0.15) is 108 Å². The molecule has 0 bridgehead atoms. The second-order valence-electron chi connectivity index (χ2n) is 18.0. The third kappa shape index (κ3) is 10.0. The Hall–Kier alpha value is -3.05. The molecule has 8 rings (SSSR count). The van der Waals surface area contributed by atoms with Crippen molar-refractivity contribution in [2.45, 2.75) is 121 Å². The topological polar surface area (TPSA) is 38.9 Å². The Morgan fingerprint density at radius 2 is 1.48 bits per heavy atom. The van der Waals surface area contributed by atoms with Gasteiger partial charge in [0.1, 0.15) is 5.58 Å². The molecule has 0 aliphatic heterocycles. The van der Waals surface area contributed by atoms with Crippen LogP contribution < -0.4 is 4.40 Å². The third-order valence-electron chi connectivity index (χ3n) is 11.4. The number of pyridine rings is 2. The van der Waals surface area contributed by atoms with Gasteiger partial charge < -0.3 is 9.40 Å². The van der Waals surface area contributed by atoms with Crippen LogP contribution in [0.5, 0.6) is 0 Å². The SMILES string of the molecule is CC(C)(C)Cc1cc(-c2[c-]cccc2)nc[c]1[Ge]([CH3])([CH3])[CH3].[Ir].[c-]1cc2oc3cccc(CC4CCCCC4)c3c2cc1-c1cc(C2CCCCC2)ccn1. The van der Waals surface area contributed by atoms with E-state index in [1.165, 1.54) is 96.1 Å². The number of hydrogen-bond donors (Lipinski definition) is 0. The zero-order valence-electron chi connectivity index (χ0n) is 33.4. The maximum absolute atomic E-state index is 6.24. The second-order valence-corrected chi connectivity index (χ2v) is 28.6. The average molecular weight is 956 g/mol. The van der Waals surface area contributed by atoms with E-state index in [1.54, 1.807) is 0 Å². The van der Waals surface area contributed by atoms with Crippen LogP contribution in [0, 0.1) is 23.5 Å². The van der Waals surface area contributed by atoms with Crippen molar-refractivity contribution in [3.63, 3.8) is 0 Å². The van der Waals surface area contributed by atoms with Gasteiger partial charge in [0.05, 0.1) is 5.58 Å². The summed E-state index contributed by atoms with van der Waals surface area (Å²) in [5.74, 6) is 8.82. The van der Waals surface area contributed by atoms with E-state index in [0.29, 0.717) is 11.3 Å².